The second kappa shape index (κ2) is 7.39. The summed E-state index contributed by atoms with van der Waals surface area (Å²) in [6, 6.07) is 9.91. The van der Waals surface area contributed by atoms with Gasteiger partial charge in [0.2, 0.25) is 0 Å². The molecule has 134 valence electrons. The predicted octanol–water partition coefficient (Wildman–Crippen LogP) is 3.67. The molecule has 0 spiro atoms. The Morgan fingerprint density at radius 3 is 2.62 bits per heavy atom. The predicted molar refractivity (Wildman–Crippen MR) is 102 cm³/mol. The molecule has 1 aliphatic heterocycles. The summed E-state index contributed by atoms with van der Waals surface area (Å²) in [6.45, 7) is 2.10. The fraction of sp³-hybridized carbons (Fsp3) is 0.111. The molecule has 8 heteroatoms. The highest BCUT2D eigenvalue weighted by atomic mass is 79.9. The first-order valence-electron chi connectivity index (χ1n) is 7.68. The number of hydrogen-bond acceptors (Lipinski definition) is 4. The Bertz CT molecular complexity index is 912. The molecule has 26 heavy (non-hydrogen) atoms. The summed E-state index contributed by atoms with van der Waals surface area (Å²) in [7, 11) is 0. The van der Waals surface area contributed by atoms with Gasteiger partial charge in [0.1, 0.15) is 5.57 Å². The molecule has 0 aromatic heterocycles. The molecular formula is C18H14BrClN2O4. The van der Waals surface area contributed by atoms with E-state index < -0.39 is 11.8 Å². The van der Waals surface area contributed by atoms with Crippen molar-refractivity contribution in [3.63, 3.8) is 0 Å². The molecule has 0 bridgehead atoms. The zero-order valence-corrected chi connectivity index (χ0v) is 16.0. The summed E-state index contributed by atoms with van der Waals surface area (Å²) in [5, 5.41) is 11.1. The molecule has 1 heterocycles. The quantitative estimate of drug-likeness (QED) is 0.565. The molecule has 0 saturated carbocycles. The van der Waals surface area contributed by atoms with E-state index in [-0.39, 0.29) is 22.1 Å². The van der Waals surface area contributed by atoms with Crippen molar-refractivity contribution in [2.24, 2.45) is 0 Å². The fourth-order valence-corrected chi connectivity index (χ4v) is 2.92. The number of phenolic OH excluding ortho intramolecular Hbond substituents is 1. The molecule has 1 fully saturated rings. The minimum Gasteiger partial charge on any atom is -0.503 e. The number of nitrogens with one attached hydrogen (secondary N) is 1. The SMILES string of the molecule is CCOc1cc(C=C2C(=O)NN(c3ccc(Br)cc3)C2=O)cc(Cl)c1O. The van der Waals surface area contributed by atoms with Crippen LogP contribution >= 0.6 is 27.5 Å². The maximum absolute atomic E-state index is 12.6. The van der Waals surface area contributed by atoms with Crippen LogP contribution in [0.1, 0.15) is 12.5 Å². The number of aromatic hydroxyl groups is 1. The minimum absolute atomic E-state index is 0.0443. The van der Waals surface area contributed by atoms with Gasteiger partial charge in [0.25, 0.3) is 11.8 Å². The third-order valence-corrected chi connectivity index (χ3v) is 4.45. The van der Waals surface area contributed by atoms with E-state index in [1.807, 2.05) is 0 Å². The Labute approximate surface area is 163 Å². The monoisotopic (exact) mass is 436 g/mol. The summed E-state index contributed by atoms with van der Waals surface area (Å²) in [4.78, 5) is 24.9. The molecule has 0 radical (unpaired) electrons. The van der Waals surface area contributed by atoms with Crippen LogP contribution in [0.15, 0.2) is 46.4 Å². The van der Waals surface area contributed by atoms with Gasteiger partial charge in [-0.25, -0.2) is 5.01 Å². The van der Waals surface area contributed by atoms with Gasteiger partial charge in [-0.15, -0.1) is 0 Å². The second-order valence-corrected chi connectivity index (χ2v) is 6.72. The number of hydrazine groups is 1. The molecule has 0 unspecified atom stereocenters. The molecular weight excluding hydrogens is 424 g/mol. The largest absolute Gasteiger partial charge is 0.503 e. The second-order valence-electron chi connectivity index (χ2n) is 5.40. The maximum Gasteiger partial charge on any atom is 0.282 e. The van der Waals surface area contributed by atoms with Gasteiger partial charge >= 0.3 is 0 Å². The summed E-state index contributed by atoms with van der Waals surface area (Å²) < 4.78 is 6.17. The smallest absolute Gasteiger partial charge is 0.282 e. The Balaban J connectivity index is 1.95. The number of hydrogen-bond donors (Lipinski definition) is 2. The number of phenols is 1. The fourth-order valence-electron chi connectivity index (χ4n) is 2.44. The van der Waals surface area contributed by atoms with Crippen molar-refractivity contribution in [3.05, 3.63) is 57.0 Å². The van der Waals surface area contributed by atoms with Crippen molar-refractivity contribution in [3.8, 4) is 11.5 Å². The molecule has 1 saturated heterocycles. The summed E-state index contributed by atoms with van der Waals surface area (Å²) in [6.07, 6.45) is 1.41. The Morgan fingerprint density at radius 2 is 1.96 bits per heavy atom. The van der Waals surface area contributed by atoms with E-state index in [9.17, 15) is 14.7 Å². The minimum atomic E-state index is -0.528. The van der Waals surface area contributed by atoms with Gasteiger partial charge in [-0.2, -0.15) is 0 Å². The zero-order valence-electron chi connectivity index (χ0n) is 13.6. The molecule has 6 nitrogen and oxygen atoms in total. The van der Waals surface area contributed by atoms with E-state index in [2.05, 4.69) is 21.4 Å². The highest BCUT2D eigenvalue weighted by Gasteiger charge is 2.34. The maximum atomic E-state index is 12.6. The van der Waals surface area contributed by atoms with Crippen molar-refractivity contribution < 1.29 is 19.4 Å². The first kappa shape index (κ1) is 18.3. The Morgan fingerprint density at radius 1 is 1.27 bits per heavy atom. The number of rotatable bonds is 4. The lowest BCUT2D eigenvalue weighted by Crippen LogP contribution is -2.35. The molecule has 2 aromatic carbocycles. The summed E-state index contributed by atoms with van der Waals surface area (Å²) in [5.74, 6) is -1.02. The van der Waals surface area contributed by atoms with Crippen molar-refractivity contribution in [2.75, 3.05) is 11.6 Å². The molecule has 2 amide bonds. The van der Waals surface area contributed by atoms with E-state index in [4.69, 9.17) is 16.3 Å². The van der Waals surface area contributed by atoms with Crippen LogP contribution in [0.4, 0.5) is 5.69 Å². The molecule has 0 atom stereocenters. The van der Waals surface area contributed by atoms with Crippen LogP contribution in [-0.2, 0) is 9.59 Å². The molecule has 2 N–H and O–H groups in total. The standard InChI is InChI=1S/C18H14BrClN2O4/c1-2-26-15-9-10(8-14(20)16(15)23)7-13-17(24)21-22(18(13)25)12-5-3-11(19)4-6-12/h3-9,23H,2H2,1H3,(H,21,24). The number of amides is 2. The number of carbonyl (C=O) groups excluding carboxylic acids is 2. The molecule has 0 aliphatic carbocycles. The lowest BCUT2D eigenvalue weighted by molar-refractivity contribution is -0.117. The lowest BCUT2D eigenvalue weighted by Gasteiger charge is -2.14. The third kappa shape index (κ3) is 3.54. The van der Waals surface area contributed by atoms with E-state index in [0.29, 0.717) is 17.9 Å². The number of anilines is 1. The van der Waals surface area contributed by atoms with Crippen molar-refractivity contribution >= 4 is 51.1 Å². The van der Waals surface area contributed by atoms with Gasteiger partial charge < -0.3 is 9.84 Å². The van der Waals surface area contributed by atoms with Gasteiger partial charge in [0.15, 0.2) is 11.5 Å². The topological polar surface area (TPSA) is 78.9 Å². The van der Waals surface area contributed by atoms with E-state index in [1.54, 1.807) is 31.2 Å². The highest BCUT2D eigenvalue weighted by molar-refractivity contribution is 9.10. The highest BCUT2D eigenvalue weighted by Crippen LogP contribution is 2.36. The van der Waals surface area contributed by atoms with Crippen molar-refractivity contribution in [1.29, 1.82) is 0 Å². The van der Waals surface area contributed by atoms with Gasteiger partial charge in [0, 0.05) is 4.47 Å². The van der Waals surface area contributed by atoms with Crippen LogP contribution in [0.3, 0.4) is 0 Å². The third-order valence-electron chi connectivity index (χ3n) is 3.64. The van der Waals surface area contributed by atoms with Crippen molar-refractivity contribution in [2.45, 2.75) is 6.92 Å². The van der Waals surface area contributed by atoms with Gasteiger partial charge in [-0.05, 0) is 55.0 Å². The summed E-state index contributed by atoms with van der Waals surface area (Å²) >= 11 is 9.31. The molecule has 2 aromatic rings. The Kier molecular flexibility index (Phi) is 5.20. The normalized spacial score (nSPS) is 15.5. The van der Waals surface area contributed by atoms with Crippen LogP contribution in [-0.4, -0.2) is 23.5 Å². The summed E-state index contributed by atoms with van der Waals surface area (Å²) in [5.41, 5.74) is 3.48. The van der Waals surface area contributed by atoms with E-state index >= 15 is 0 Å². The zero-order chi connectivity index (χ0) is 18.8. The molecule has 3 rings (SSSR count). The average molecular weight is 438 g/mol. The van der Waals surface area contributed by atoms with Crippen LogP contribution < -0.4 is 15.2 Å². The number of ether oxygens (including phenoxy) is 1. The van der Waals surface area contributed by atoms with Gasteiger partial charge in [-0.1, -0.05) is 27.5 Å². The lowest BCUT2D eigenvalue weighted by atomic mass is 10.1. The Hall–Kier alpha value is -2.51. The number of benzene rings is 2. The van der Waals surface area contributed by atoms with Crippen LogP contribution in [0.25, 0.3) is 6.08 Å². The number of nitrogens with zero attached hydrogens (tertiary/aromatic N) is 1. The van der Waals surface area contributed by atoms with Crippen LogP contribution in [0.2, 0.25) is 5.02 Å². The van der Waals surface area contributed by atoms with Gasteiger partial charge in [0.05, 0.1) is 17.3 Å². The number of halogens is 2. The van der Waals surface area contributed by atoms with Crippen molar-refractivity contribution in [1.82, 2.24) is 5.43 Å². The van der Waals surface area contributed by atoms with Crippen LogP contribution in [0.5, 0.6) is 11.5 Å². The van der Waals surface area contributed by atoms with E-state index in [0.717, 1.165) is 4.47 Å². The number of carbonyl (C=O) groups is 2. The first-order valence-corrected chi connectivity index (χ1v) is 8.85. The first-order chi connectivity index (χ1) is 12.4. The van der Waals surface area contributed by atoms with E-state index in [1.165, 1.54) is 23.2 Å². The van der Waals surface area contributed by atoms with Gasteiger partial charge in [-0.3, -0.25) is 15.0 Å². The average Bonchev–Trinajstić information content (AvgIpc) is 2.88. The van der Waals surface area contributed by atoms with Crippen LogP contribution in [0, 0.1) is 0 Å². The molecule has 1 aliphatic rings.